The first-order chi connectivity index (χ1) is 28.1. The molecule has 0 spiro atoms. The Hall–Kier alpha value is -4.72. The Morgan fingerprint density at radius 3 is 2.55 bits per heavy atom. The number of alkyl halides is 4. The van der Waals surface area contributed by atoms with Crippen LogP contribution in [0.4, 0.5) is 22.4 Å². The first-order valence-electron chi connectivity index (χ1n) is 19.7. The normalized spacial score (nSPS) is 29.1. The monoisotopic (exact) mass is 883 g/mol. The van der Waals surface area contributed by atoms with Crippen LogP contribution in [0.15, 0.2) is 42.7 Å². The quantitative estimate of drug-likeness (QED) is 0.202. The van der Waals surface area contributed by atoms with Gasteiger partial charge in [-0.15, -0.1) is 0 Å². The average molecular weight is 884 g/mol. The molecule has 2 aromatic heterocycles. The standard InChI is InChI=1S/C39H46ClF4N7O8S/c1-21-7-5-6-8-23-18-38(23,33(54)49-60(56,57)37(20-41)11-12-37)48-30(52)28-17-25(58-31-26-16-24(40)9-10-27(26)50-14-13-45-34(50)47-31)19-51(28)32(53)29(22(2)15-21)46-35(55)59-36(3,4)39(42,43)44/h6,8-10,13-14,16,21-23,25,28-29H,5,7,11-12,15,17-20H2,1-4H3,(H,46,55)(H,48,52)(H,49,54)/b8-6-/t21-,22+,23+,25+,28-,29-,38+/m0/s1. The van der Waals surface area contributed by atoms with Crippen molar-refractivity contribution >= 4 is 62.1 Å². The molecule has 3 N–H and O–H groups in total. The van der Waals surface area contributed by atoms with E-state index < -0.39 is 92.6 Å². The van der Waals surface area contributed by atoms with E-state index >= 15 is 0 Å². The van der Waals surface area contributed by atoms with Gasteiger partial charge in [-0.25, -0.2) is 22.6 Å². The molecule has 1 aromatic carbocycles. The van der Waals surface area contributed by atoms with E-state index in [0.717, 1.165) is 4.90 Å². The number of hydrogen-bond acceptors (Lipinski definition) is 10. The van der Waals surface area contributed by atoms with Crippen LogP contribution in [0.5, 0.6) is 5.88 Å². The van der Waals surface area contributed by atoms with Crippen LogP contribution in [0.2, 0.25) is 5.02 Å². The molecule has 0 unspecified atom stereocenters. The van der Waals surface area contributed by atoms with Crippen molar-refractivity contribution in [3.63, 3.8) is 0 Å². The number of aromatic nitrogens is 3. The van der Waals surface area contributed by atoms with Gasteiger partial charge in [0.05, 0.1) is 17.4 Å². The summed E-state index contributed by atoms with van der Waals surface area (Å²) < 4.78 is 94.8. The second-order valence-electron chi connectivity index (χ2n) is 17.0. The molecule has 2 aliphatic heterocycles. The van der Waals surface area contributed by atoms with Crippen LogP contribution in [-0.2, 0) is 29.1 Å². The van der Waals surface area contributed by atoms with Crippen molar-refractivity contribution in [2.75, 3.05) is 13.2 Å². The number of alkyl carbamates (subject to hydrolysis) is 1. The fraction of sp³-hybridized carbons (Fsp3) is 0.590. The van der Waals surface area contributed by atoms with Gasteiger partial charge in [-0.3, -0.25) is 23.5 Å². The van der Waals surface area contributed by atoms with Gasteiger partial charge in [0.25, 0.3) is 5.91 Å². The molecule has 7 rings (SSSR count). The fourth-order valence-corrected chi connectivity index (χ4v) is 9.65. The number of halogens is 5. The second-order valence-corrected chi connectivity index (χ2v) is 19.5. The number of carbonyl (C=O) groups excluding carboxylic acids is 4. The summed E-state index contributed by atoms with van der Waals surface area (Å²) in [6.45, 7) is 3.41. The van der Waals surface area contributed by atoms with Gasteiger partial charge < -0.3 is 25.0 Å². The van der Waals surface area contributed by atoms with Gasteiger partial charge in [0.2, 0.25) is 39.1 Å². The van der Waals surface area contributed by atoms with Gasteiger partial charge in [-0.1, -0.05) is 37.6 Å². The molecule has 0 radical (unpaired) electrons. The van der Waals surface area contributed by atoms with Crippen LogP contribution >= 0.6 is 11.6 Å². The van der Waals surface area contributed by atoms with E-state index in [1.165, 1.54) is 6.20 Å². The van der Waals surface area contributed by atoms with E-state index in [1.807, 2.05) is 11.6 Å². The summed E-state index contributed by atoms with van der Waals surface area (Å²) in [5.74, 6) is -3.87. The molecule has 3 aromatic rings. The highest BCUT2D eigenvalue weighted by Crippen LogP contribution is 2.48. The number of allylic oxidation sites excluding steroid dienone is 1. The Labute approximate surface area is 348 Å². The van der Waals surface area contributed by atoms with E-state index in [4.69, 9.17) is 21.1 Å². The van der Waals surface area contributed by atoms with Crippen LogP contribution in [0, 0.1) is 17.8 Å². The highest BCUT2D eigenvalue weighted by molar-refractivity contribution is 7.91. The number of sulfonamides is 1. The van der Waals surface area contributed by atoms with Gasteiger partial charge in [-0.05, 0) is 82.4 Å². The van der Waals surface area contributed by atoms with Gasteiger partial charge >= 0.3 is 12.3 Å². The minimum atomic E-state index is -4.94. The van der Waals surface area contributed by atoms with Crippen molar-refractivity contribution in [1.82, 2.24) is 34.6 Å². The average Bonchev–Trinajstić information content (AvgIpc) is 4.00. The smallest absolute Gasteiger partial charge is 0.427 e. The molecule has 7 atom stereocenters. The van der Waals surface area contributed by atoms with Gasteiger partial charge in [0.15, 0.2) is 0 Å². The maximum atomic E-state index is 14.8. The largest absolute Gasteiger partial charge is 0.472 e. The molecular weight excluding hydrogens is 838 g/mol. The summed E-state index contributed by atoms with van der Waals surface area (Å²) in [6.07, 6.45) is 0.515. The van der Waals surface area contributed by atoms with E-state index in [2.05, 4.69) is 20.6 Å². The molecule has 3 fully saturated rings. The molecule has 15 nitrogen and oxygen atoms in total. The van der Waals surface area contributed by atoms with E-state index in [-0.39, 0.29) is 49.8 Å². The number of nitrogens with one attached hydrogen (secondary N) is 3. The summed E-state index contributed by atoms with van der Waals surface area (Å²) in [5, 5.41) is 5.90. The number of nitrogens with zero attached hydrogens (tertiary/aromatic N) is 4. The topological polar surface area (TPSA) is 190 Å². The SMILES string of the molecule is C[C@H]1CC/C=C\[C@@H]2C[C@@]2(C(=O)NS(=O)(=O)C2(CF)CC2)NC(=O)[C@@H]2C[C@@H](Oc3nc4nccn4c4ccc(Cl)cc34)CN2C(=O)[C@@H](NC(=O)OC(C)(C)C(F)(F)F)[C@H](C)C1. The highest BCUT2D eigenvalue weighted by atomic mass is 35.5. The van der Waals surface area contributed by atoms with Crippen LogP contribution < -0.4 is 20.1 Å². The molecule has 4 heterocycles. The van der Waals surface area contributed by atoms with Crippen LogP contribution in [0.1, 0.15) is 72.6 Å². The lowest BCUT2D eigenvalue weighted by Gasteiger charge is -2.34. The van der Waals surface area contributed by atoms with Crippen molar-refractivity contribution < 1.29 is 54.6 Å². The number of carbonyl (C=O) groups is 4. The molecule has 0 bridgehead atoms. The number of imidazole rings is 1. The molecule has 2 aliphatic carbocycles. The predicted molar refractivity (Wildman–Crippen MR) is 209 cm³/mol. The minimum Gasteiger partial charge on any atom is -0.472 e. The van der Waals surface area contributed by atoms with Crippen molar-refractivity contribution in [1.29, 1.82) is 0 Å². The second kappa shape index (κ2) is 15.6. The number of ether oxygens (including phenoxy) is 2. The minimum absolute atomic E-state index is 0.00158. The van der Waals surface area contributed by atoms with E-state index in [0.29, 0.717) is 49.0 Å². The molecule has 326 valence electrons. The van der Waals surface area contributed by atoms with Crippen molar-refractivity contribution in [2.45, 2.75) is 113 Å². The Kier molecular flexibility index (Phi) is 11.3. The summed E-state index contributed by atoms with van der Waals surface area (Å²) in [5.41, 5.74) is -4.08. The highest BCUT2D eigenvalue weighted by Gasteiger charge is 2.64. The number of benzene rings is 1. The molecule has 4 amide bonds. The molecule has 2 saturated carbocycles. The molecule has 1 saturated heterocycles. The Bertz CT molecular complexity index is 2360. The first kappa shape index (κ1) is 43.4. The lowest BCUT2D eigenvalue weighted by atomic mass is 9.88. The predicted octanol–water partition coefficient (Wildman–Crippen LogP) is 5.16. The zero-order valence-electron chi connectivity index (χ0n) is 33.2. The third kappa shape index (κ3) is 8.20. The summed E-state index contributed by atoms with van der Waals surface area (Å²) in [6, 6.07) is 2.11. The Morgan fingerprint density at radius 2 is 1.87 bits per heavy atom. The Balaban J connectivity index is 1.25. The maximum absolute atomic E-state index is 14.8. The van der Waals surface area contributed by atoms with E-state index in [1.54, 1.807) is 47.9 Å². The third-order valence-corrected chi connectivity index (χ3v) is 14.5. The first-order valence-corrected chi connectivity index (χ1v) is 21.5. The molecular formula is C39H46ClF4N7O8S. The zero-order valence-corrected chi connectivity index (χ0v) is 34.8. The lowest BCUT2D eigenvalue weighted by Crippen LogP contribution is -2.60. The third-order valence-electron chi connectivity index (χ3n) is 12.1. The summed E-state index contributed by atoms with van der Waals surface area (Å²) >= 11 is 6.36. The molecule has 21 heteroatoms. The number of fused-ring (bicyclic) bond motifs is 5. The summed E-state index contributed by atoms with van der Waals surface area (Å²) in [7, 11) is -4.48. The van der Waals surface area contributed by atoms with Gasteiger partial charge in [-0.2, -0.15) is 18.2 Å². The lowest BCUT2D eigenvalue weighted by molar-refractivity contribution is -0.244. The summed E-state index contributed by atoms with van der Waals surface area (Å²) in [4.78, 5) is 66.4. The molecule has 4 aliphatic rings. The number of hydrogen-bond donors (Lipinski definition) is 3. The van der Waals surface area contributed by atoms with Crippen LogP contribution in [0.3, 0.4) is 0 Å². The van der Waals surface area contributed by atoms with Crippen LogP contribution in [-0.4, -0.2) is 105 Å². The number of amides is 4. The number of rotatable bonds is 8. The molecule has 60 heavy (non-hydrogen) atoms. The zero-order chi connectivity index (χ0) is 43.6. The fourth-order valence-electron chi connectivity index (χ4n) is 8.05. The Morgan fingerprint density at radius 1 is 1.13 bits per heavy atom. The van der Waals surface area contributed by atoms with Crippen LogP contribution in [0.25, 0.3) is 16.7 Å². The van der Waals surface area contributed by atoms with Gasteiger partial charge in [0.1, 0.15) is 35.1 Å². The van der Waals surface area contributed by atoms with Crippen molar-refractivity contribution in [2.24, 2.45) is 17.8 Å². The van der Waals surface area contributed by atoms with Crippen molar-refractivity contribution in [3.8, 4) is 5.88 Å². The van der Waals surface area contributed by atoms with E-state index in [9.17, 15) is 45.2 Å². The maximum Gasteiger partial charge on any atom is 0.427 e. The van der Waals surface area contributed by atoms with Crippen molar-refractivity contribution in [3.05, 3.63) is 47.8 Å². The van der Waals surface area contributed by atoms with Gasteiger partial charge in [0, 0.05) is 29.8 Å².